The standard InChI is InChI=1S/C10H21NO/c1-4-10(12,5-2)8-11(3)9-6-7-9/h9,12H,4-8H2,1-3H3. The summed E-state index contributed by atoms with van der Waals surface area (Å²) >= 11 is 0. The Hall–Kier alpha value is -0.0800. The molecular weight excluding hydrogens is 150 g/mol. The van der Waals surface area contributed by atoms with Crippen LogP contribution in [0.25, 0.3) is 0 Å². The van der Waals surface area contributed by atoms with Crippen LogP contribution in [0, 0.1) is 0 Å². The fourth-order valence-corrected chi connectivity index (χ4v) is 1.58. The van der Waals surface area contributed by atoms with Crippen molar-refractivity contribution in [1.29, 1.82) is 0 Å². The van der Waals surface area contributed by atoms with Gasteiger partial charge in [-0.05, 0) is 32.7 Å². The second-order valence-corrected chi connectivity index (χ2v) is 4.08. The van der Waals surface area contributed by atoms with Crippen molar-refractivity contribution in [3.8, 4) is 0 Å². The van der Waals surface area contributed by atoms with E-state index in [1.54, 1.807) is 0 Å². The summed E-state index contributed by atoms with van der Waals surface area (Å²) in [5, 5.41) is 10.0. The monoisotopic (exact) mass is 171 g/mol. The summed E-state index contributed by atoms with van der Waals surface area (Å²) in [4.78, 5) is 2.30. The van der Waals surface area contributed by atoms with E-state index >= 15 is 0 Å². The van der Waals surface area contributed by atoms with Gasteiger partial charge < -0.3 is 10.0 Å². The molecule has 0 radical (unpaired) electrons. The van der Waals surface area contributed by atoms with Gasteiger partial charge in [-0.1, -0.05) is 13.8 Å². The van der Waals surface area contributed by atoms with Gasteiger partial charge in [-0.15, -0.1) is 0 Å². The smallest absolute Gasteiger partial charge is 0.0768 e. The molecule has 1 aliphatic carbocycles. The third-order valence-corrected chi connectivity index (χ3v) is 3.03. The lowest BCUT2D eigenvalue weighted by Crippen LogP contribution is -2.41. The first-order valence-corrected chi connectivity index (χ1v) is 5.04. The van der Waals surface area contributed by atoms with Gasteiger partial charge in [-0.3, -0.25) is 0 Å². The zero-order valence-corrected chi connectivity index (χ0v) is 8.51. The number of likely N-dealkylation sites (N-methyl/N-ethyl adjacent to an activating group) is 1. The van der Waals surface area contributed by atoms with Crippen LogP contribution in [0.4, 0.5) is 0 Å². The fraction of sp³-hybridized carbons (Fsp3) is 1.00. The van der Waals surface area contributed by atoms with E-state index in [1.807, 2.05) is 0 Å². The highest BCUT2D eigenvalue weighted by Crippen LogP contribution is 2.28. The van der Waals surface area contributed by atoms with Gasteiger partial charge in [0.05, 0.1) is 5.60 Å². The molecule has 0 amide bonds. The molecule has 0 aromatic carbocycles. The lowest BCUT2D eigenvalue weighted by atomic mass is 9.97. The summed E-state index contributed by atoms with van der Waals surface area (Å²) in [6.07, 6.45) is 4.36. The Morgan fingerprint density at radius 2 is 1.83 bits per heavy atom. The van der Waals surface area contributed by atoms with E-state index in [2.05, 4.69) is 25.8 Å². The Balaban J connectivity index is 2.34. The predicted octanol–water partition coefficient (Wildman–Crippen LogP) is 1.63. The minimum atomic E-state index is -0.447. The zero-order chi connectivity index (χ0) is 9.19. The Morgan fingerprint density at radius 1 is 1.33 bits per heavy atom. The maximum absolute atomic E-state index is 10.0. The number of aliphatic hydroxyl groups is 1. The lowest BCUT2D eigenvalue weighted by Gasteiger charge is -2.30. The van der Waals surface area contributed by atoms with Crippen LogP contribution in [0.2, 0.25) is 0 Å². The van der Waals surface area contributed by atoms with Crippen LogP contribution in [0.1, 0.15) is 39.5 Å². The molecule has 2 nitrogen and oxygen atoms in total. The highest BCUT2D eigenvalue weighted by molar-refractivity contribution is 4.87. The van der Waals surface area contributed by atoms with Crippen LogP contribution in [0.5, 0.6) is 0 Å². The maximum Gasteiger partial charge on any atom is 0.0768 e. The molecular formula is C10H21NO. The first-order chi connectivity index (χ1) is 5.61. The molecule has 0 spiro atoms. The molecule has 0 aliphatic heterocycles. The van der Waals surface area contributed by atoms with Crippen LogP contribution in [0.3, 0.4) is 0 Å². The fourth-order valence-electron chi connectivity index (χ4n) is 1.58. The van der Waals surface area contributed by atoms with Crippen molar-refractivity contribution in [3.05, 3.63) is 0 Å². The molecule has 0 atom stereocenters. The molecule has 0 aromatic heterocycles. The van der Waals surface area contributed by atoms with E-state index in [0.29, 0.717) is 0 Å². The Labute approximate surface area is 75.6 Å². The summed E-state index contributed by atoms with van der Waals surface area (Å²) in [7, 11) is 2.12. The quantitative estimate of drug-likeness (QED) is 0.679. The van der Waals surface area contributed by atoms with E-state index in [-0.39, 0.29) is 0 Å². The molecule has 0 unspecified atom stereocenters. The highest BCUT2D eigenvalue weighted by Gasteiger charge is 2.32. The van der Waals surface area contributed by atoms with Gasteiger partial charge in [-0.2, -0.15) is 0 Å². The normalized spacial score (nSPS) is 18.8. The minimum absolute atomic E-state index is 0.447. The summed E-state index contributed by atoms with van der Waals surface area (Å²) in [6, 6.07) is 0.759. The molecule has 1 fully saturated rings. The molecule has 2 heteroatoms. The zero-order valence-electron chi connectivity index (χ0n) is 8.51. The van der Waals surface area contributed by atoms with Crippen molar-refractivity contribution in [1.82, 2.24) is 4.90 Å². The molecule has 0 aromatic rings. The van der Waals surface area contributed by atoms with Gasteiger partial charge in [0.25, 0.3) is 0 Å². The summed E-state index contributed by atoms with van der Waals surface area (Å²) in [6.45, 7) is 4.96. The first-order valence-electron chi connectivity index (χ1n) is 5.04. The number of hydrogen-bond acceptors (Lipinski definition) is 2. The van der Waals surface area contributed by atoms with Crippen LogP contribution in [-0.4, -0.2) is 35.2 Å². The SMILES string of the molecule is CCC(O)(CC)CN(C)C1CC1. The third-order valence-electron chi connectivity index (χ3n) is 3.03. The molecule has 1 rings (SSSR count). The predicted molar refractivity (Wildman–Crippen MR) is 51.2 cm³/mol. The largest absolute Gasteiger partial charge is 0.389 e. The van der Waals surface area contributed by atoms with Crippen LogP contribution < -0.4 is 0 Å². The van der Waals surface area contributed by atoms with Crippen molar-refractivity contribution in [3.63, 3.8) is 0 Å². The van der Waals surface area contributed by atoms with Gasteiger partial charge >= 0.3 is 0 Å². The molecule has 0 bridgehead atoms. The van der Waals surface area contributed by atoms with E-state index in [0.717, 1.165) is 25.4 Å². The third kappa shape index (κ3) is 2.46. The van der Waals surface area contributed by atoms with E-state index < -0.39 is 5.60 Å². The minimum Gasteiger partial charge on any atom is -0.389 e. The second-order valence-electron chi connectivity index (χ2n) is 4.08. The lowest BCUT2D eigenvalue weighted by molar-refractivity contribution is 0.00119. The molecule has 1 N–H and O–H groups in total. The molecule has 1 saturated carbocycles. The second kappa shape index (κ2) is 3.75. The van der Waals surface area contributed by atoms with Crippen molar-refractivity contribution in [2.45, 2.75) is 51.2 Å². The van der Waals surface area contributed by atoms with E-state index in [9.17, 15) is 5.11 Å². The molecule has 1 aliphatic rings. The van der Waals surface area contributed by atoms with Crippen molar-refractivity contribution >= 4 is 0 Å². The van der Waals surface area contributed by atoms with Crippen LogP contribution >= 0.6 is 0 Å². The Bertz CT molecular complexity index is 139. The first kappa shape index (κ1) is 10.0. The summed E-state index contributed by atoms with van der Waals surface area (Å²) < 4.78 is 0. The van der Waals surface area contributed by atoms with E-state index in [4.69, 9.17) is 0 Å². The molecule has 0 heterocycles. The van der Waals surface area contributed by atoms with Gasteiger partial charge in [-0.25, -0.2) is 0 Å². The number of nitrogens with zero attached hydrogens (tertiary/aromatic N) is 1. The number of rotatable bonds is 5. The highest BCUT2D eigenvalue weighted by atomic mass is 16.3. The molecule has 72 valence electrons. The Kier molecular flexibility index (Phi) is 3.13. The average Bonchev–Trinajstić information content (AvgIpc) is 2.86. The Morgan fingerprint density at radius 3 is 2.17 bits per heavy atom. The van der Waals surface area contributed by atoms with E-state index in [1.165, 1.54) is 12.8 Å². The van der Waals surface area contributed by atoms with Crippen LogP contribution in [-0.2, 0) is 0 Å². The van der Waals surface area contributed by atoms with Gasteiger partial charge in [0.15, 0.2) is 0 Å². The summed E-state index contributed by atoms with van der Waals surface area (Å²) in [5.41, 5.74) is -0.447. The molecule has 12 heavy (non-hydrogen) atoms. The van der Waals surface area contributed by atoms with Crippen molar-refractivity contribution < 1.29 is 5.11 Å². The molecule has 0 saturated heterocycles. The van der Waals surface area contributed by atoms with Gasteiger partial charge in [0.1, 0.15) is 0 Å². The topological polar surface area (TPSA) is 23.5 Å². The van der Waals surface area contributed by atoms with Gasteiger partial charge in [0, 0.05) is 12.6 Å². The number of hydrogen-bond donors (Lipinski definition) is 1. The summed E-state index contributed by atoms with van der Waals surface area (Å²) in [5.74, 6) is 0. The van der Waals surface area contributed by atoms with Crippen LogP contribution in [0.15, 0.2) is 0 Å². The van der Waals surface area contributed by atoms with Crippen molar-refractivity contribution in [2.24, 2.45) is 0 Å². The maximum atomic E-state index is 10.0. The van der Waals surface area contributed by atoms with Gasteiger partial charge in [0.2, 0.25) is 0 Å². The van der Waals surface area contributed by atoms with Crippen molar-refractivity contribution in [2.75, 3.05) is 13.6 Å². The average molecular weight is 171 g/mol.